The zero-order chi connectivity index (χ0) is 15.3. The van der Waals surface area contributed by atoms with Gasteiger partial charge in [-0.25, -0.2) is 0 Å². The molecule has 1 fully saturated rings. The van der Waals surface area contributed by atoms with E-state index in [1.807, 2.05) is 6.92 Å². The summed E-state index contributed by atoms with van der Waals surface area (Å²) in [7, 11) is 0. The quantitative estimate of drug-likeness (QED) is 0.809. The second-order valence-electron chi connectivity index (χ2n) is 5.53. The number of hydrogen-bond donors (Lipinski definition) is 2. The maximum Gasteiger partial charge on any atom is 0.305 e. The van der Waals surface area contributed by atoms with E-state index in [4.69, 9.17) is 9.84 Å². The summed E-state index contributed by atoms with van der Waals surface area (Å²) in [6, 6.07) is 6.92. The SMILES string of the molecule is CCCOc1ccc(C(=O)NC2(CC(=O)O)CCC2)cc1. The third kappa shape index (κ3) is 3.97. The van der Waals surface area contributed by atoms with Crippen LogP contribution in [0.4, 0.5) is 0 Å². The van der Waals surface area contributed by atoms with Gasteiger partial charge in [-0.2, -0.15) is 0 Å². The maximum atomic E-state index is 12.2. The minimum Gasteiger partial charge on any atom is -0.494 e. The minimum atomic E-state index is -0.877. The second kappa shape index (κ2) is 6.61. The van der Waals surface area contributed by atoms with E-state index in [1.54, 1.807) is 24.3 Å². The van der Waals surface area contributed by atoms with Crippen molar-refractivity contribution in [2.75, 3.05) is 6.61 Å². The number of ether oxygens (including phenoxy) is 1. The molecule has 1 aliphatic carbocycles. The summed E-state index contributed by atoms with van der Waals surface area (Å²) < 4.78 is 5.47. The number of carboxylic acids is 1. The van der Waals surface area contributed by atoms with Crippen molar-refractivity contribution in [3.63, 3.8) is 0 Å². The molecule has 0 spiro atoms. The summed E-state index contributed by atoms with van der Waals surface area (Å²) >= 11 is 0. The molecule has 2 rings (SSSR count). The van der Waals surface area contributed by atoms with Crippen LogP contribution in [0.5, 0.6) is 5.75 Å². The van der Waals surface area contributed by atoms with Crippen molar-refractivity contribution in [3.05, 3.63) is 29.8 Å². The van der Waals surface area contributed by atoms with E-state index in [9.17, 15) is 9.59 Å². The number of rotatable bonds is 7. The number of carbonyl (C=O) groups is 2. The van der Waals surface area contributed by atoms with Gasteiger partial charge in [-0.05, 0) is 49.9 Å². The van der Waals surface area contributed by atoms with Crippen molar-refractivity contribution in [1.82, 2.24) is 5.32 Å². The molecule has 2 N–H and O–H groups in total. The lowest BCUT2D eigenvalue weighted by molar-refractivity contribution is -0.139. The third-order valence-corrected chi connectivity index (χ3v) is 3.77. The Balaban J connectivity index is 1.97. The monoisotopic (exact) mass is 291 g/mol. The molecule has 0 aliphatic heterocycles. The molecule has 1 aromatic carbocycles. The lowest BCUT2D eigenvalue weighted by Crippen LogP contribution is -2.54. The fraction of sp³-hybridized carbons (Fsp3) is 0.500. The van der Waals surface area contributed by atoms with Gasteiger partial charge in [0, 0.05) is 5.56 Å². The third-order valence-electron chi connectivity index (χ3n) is 3.77. The molecular formula is C16H21NO4. The highest BCUT2D eigenvalue weighted by Crippen LogP contribution is 2.35. The van der Waals surface area contributed by atoms with Gasteiger partial charge >= 0.3 is 5.97 Å². The Bertz CT molecular complexity index is 506. The standard InChI is InChI=1S/C16H21NO4/c1-2-10-21-13-6-4-12(5-7-13)15(20)17-16(8-3-9-16)11-14(18)19/h4-7H,2-3,8-11H2,1H3,(H,17,20)(H,18,19). The zero-order valence-corrected chi connectivity index (χ0v) is 12.2. The molecule has 5 heteroatoms. The van der Waals surface area contributed by atoms with Gasteiger partial charge < -0.3 is 15.2 Å². The Hall–Kier alpha value is -2.04. The first kappa shape index (κ1) is 15.4. The largest absolute Gasteiger partial charge is 0.494 e. The average molecular weight is 291 g/mol. The van der Waals surface area contributed by atoms with Crippen LogP contribution < -0.4 is 10.1 Å². The summed E-state index contributed by atoms with van der Waals surface area (Å²) in [6.45, 7) is 2.68. The van der Waals surface area contributed by atoms with Gasteiger partial charge in [-0.1, -0.05) is 6.92 Å². The molecule has 5 nitrogen and oxygen atoms in total. The highest BCUT2D eigenvalue weighted by atomic mass is 16.5. The first-order valence-electron chi connectivity index (χ1n) is 7.32. The number of carboxylic acid groups (broad SMARTS) is 1. The Morgan fingerprint density at radius 3 is 2.43 bits per heavy atom. The van der Waals surface area contributed by atoms with Gasteiger partial charge in [0.1, 0.15) is 5.75 Å². The summed E-state index contributed by atoms with van der Waals surface area (Å²) in [5.74, 6) is -0.367. The molecule has 0 bridgehead atoms. The number of hydrogen-bond acceptors (Lipinski definition) is 3. The maximum absolute atomic E-state index is 12.2. The van der Waals surface area contributed by atoms with Crippen LogP contribution in [0.15, 0.2) is 24.3 Å². The molecule has 0 heterocycles. The molecule has 0 unspecified atom stereocenters. The lowest BCUT2D eigenvalue weighted by atomic mass is 9.74. The summed E-state index contributed by atoms with van der Waals surface area (Å²) in [6.07, 6.45) is 3.32. The van der Waals surface area contributed by atoms with Crippen LogP contribution in [0.2, 0.25) is 0 Å². The van der Waals surface area contributed by atoms with Gasteiger partial charge in [-0.15, -0.1) is 0 Å². The Morgan fingerprint density at radius 1 is 1.29 bits per heavy atom. The predicted octanol–water partition coefficient (Wildman–Crippen LogP) is 2.60. The number of amides is 1. The number of aliphatic carboxylic acids is 1. The van der Waals surface area contributed by atoms with E-state index in [2.05, 4.69) is 5.32 Å². The summed E-state index contributed by atoms with van der Waals surface area (Å²) in [5.41, 5.74) is -0.0455. The van der Waals surface area contributed by atoms with Crippen molar-refractivity contribution in [1.29, 1.82) is 0 Å². The van der Waals surface area contributed by atoms with Crippen LogP contribution in [-0.2, 0) is 4.79 Å². The minimum absolute atomic E-state index is 0.0174. The van der Waals surface area contributed by atoms with Gasteiger partial charge in [0.2, 0.25) is 0 Å². The molecule has 21 heavy (non-hydrogen) atoms. The summed E-state index contributed by atoms with van der Waals surface area (Å²) in [4.78, 5) is 23.1. The van der Waals surface area contributed by atoms with Gasteiger partial charge in [-0.3, -0.25) is 9.59 Å². The topological polar surface area (TPSA) is 75.6 Å². The molecule has 0 atom stereocenters. The molecule has 0 aromatic heterocycles. The molecule has 1 amide bonds. The van der Waals surface area contributed by atoms with Crippen LogP contribution in [-0.4, -0.2) is 29.1 Å². The molecule has 0 saturated heterocycles. The van der Waals surface area contributed by atoms with Gasteiger partial charge in [0.15, 0.2) is 0 Å². The van der Waals surface area contributed by atoms with Crippen molar-refractivity contribution in [2.24, 2.45) is 0 Å². The summed E-state index contributed by atoms with van der Waals surface area (Å²) in [5, 5.41) is 11.8. The Kier molecular flexibility index (Phi) is 4.83. The van der Waals surface area contributed by atoms with Crippen LogP contribution >= 0.6 is 0 Å². The average Bonchev–Trinajstić information content (AvgIpc) is 2.42. The van der Waals surface area contributed by atoms with E-state index >= 15 is 0 Å². The highest BCUT2D eigenvalue weighted by Gasteiger charge is 2.40. The first-order valence-corrected chi connectivity index (χ1v) is 7.32. The van der Waals surface area contributed by atoms with Crippen LogP contribution in [0.1, 0.15) is 49.4 Å². The van der Waals surface area contributed by atoms with Gasteiger partial charge in [0.05, 0.1) is 18.6 Å². The molecule has 1 aliphatic rings. The Morgan fingerprint density at radius 2 is 1.95 bits per heavy atom. The smallest absolute Gasteiger partial charge is 0.305 e. The van der Waals surface area contributed by atoms with Crippen molar-refractivity contribution < 1.29 is 19.4 Å². The van der Waals surface area contributed by atoms with E-state index in [1.165, 1.54) is 0 Å². The molecule has 0 radical (unpaired) electrons. The van der Waals surface area contributed by atoms with E-state index in [0.717, 1.165) is 31.4 Å². The molecule has 1 aromatic rings. The zero-order valence-electron chi connectivity index (χ0n) is 12.2. The highest BCUT2D eigenvalue weighted by molar-refractivity contribution is 5.95. The van der Waals surface area contributed by atoms with E-state index < -0.39 is 11.5 Å². The predicted molar refractivity (Wildman–Crippen MR) is 78.5 cm³/mol. The normalized spacial score (nSPS) is 15.9. The fourth-order valence-corrected chi connectivity index (χ4v) is 2.47. The fourth-order valence-electron chi connectivity index (χ4n) is 2.47. The van der Waals surface area contributed by atoms with Crippen LogP contribution in [0.3, 0.4) is 0 Å². The van der Waals surface area contributed by atoms with E-state index in [0.29, 0.717) is 12.2 Å². The van der Waals surface area contributed by atoms with Crippen LogP contribution in [0, 0.1) is 0 Å². The number of nitrogens with one attached hydrogen (secondary N) is 1. The number of carbonyl (C=O) groups excluding carboxylic acids is 1. The Labute approximate surface area is 124 Å². The van der Waals surface area contributed by atoms with Crippen LogP contribution in [0.25, 0.3) is 0 Å². The molecule has 114 valence electrons. The van der Waals surface area contributed by atoms with Crippen molar-refractivity contribution >= 4 is 11.9 Å². The van der Waals surface area contributed by atoms with Crippen molar-refractivity contribution in [2.45, 2.75) is 44.6 Å². The van der Waals surface area contributed by atoms with E-state index in [-0.39, 0.29) is 12.3 Å². The lowest BCUT2D eigenvalue weighted by Gasteiger charge is -2.41. The molecular weight excluding hydrogens is 270 g/mol. The first-order chi connectivity index (χ1) is 10.0. The van der Waals surface area contributed by atoms with Crippen molar-refractivity contribution in [3.8, 4) is 5.75 Å². The second-order valence-corrected chi connectivity index (χ2v) is 5.53. The number of benzene rings is 1. The van der Waals surface area contributed by atoms with Gasteiger partial charge in [0.25, 0.3) is 5.91 Å². The molecule has 1 saturated carbocycles.